The first-order chi connectivity index (χ1) is 12.7. The Balaban J connectivity index is 1.51. The first kappa shape index (κ1) is 17.4. The minimum Gasteiger partial charge on any atom is -0.489 e. The van der Waals surface area contributed by atoms with E-state index in [0.29, 0.717) is 12.2 Å². The van der Waals surface area contributed by atoms with E-state index in [1.165, 1.54) is 11.8 Å². The van der Waals surface area contributed by atoms with Crippen LogP contribution in [0.5, 0.6) is 5.75 Å². The summed E-state index contributed by atoms with van der Waals surface area (Å²) < 4.78 is 5.77. The van der Waals surface area contributed by atoms with Crippen LogP contribution in [0, 0.1) is 6.92 Å². The van der Waals surface area contributed by atoms with E-state index in [0.717, 1.165) is 16.9 Å². The molecule has 5 heteroatoms. The Labute approximate surface area is 152 Å². The van der Waals surface area contributed by atoms with Crippen molar-refractivity contribution in [2.75, 3.05) is 0 Å². The van der Waals surface area contributed by atoms with Gasteiger partial charge in [0.1, 0.15) is 12.4 Å². The maximum absolute atomic E-state index is 11.8. The van der Waals surface area contributed by atoms with Crippen molar-refractivity contribution >= 4 is 12.1 Å². The number of pyridine rings is 1. The van der Waals surface area contributed by atoms with Gasteiger partial charge < -0.3 is 4.74 Å². The Kier molecular flexibility index (Phi) is 5.72. The molecule has 3 rings (SSSR count). The Bertz CT molecular complexity index is 873. The molecule has 0 spiro atoms. The molecule has 0 aliphatic heterocycles. The molecular weight excluding hydrogens is 326 g/mol. The highest BCUT2D eigenvalue weighted by Crippen LogP contribution is 2.14. The number of ether oxygens (including phenoxy) is 1. The predicted molar refractivity (Wildman–Crippen MR) is 101 cm³/mol. The summed E-state index contributed by atoms with van der Waals surface area (Å²) in [7, 11) is 0. The Hall–Kier alpha value is -3.47. The highest BCUT2D eigenvalue weighted by Gasteiger charge is 2.02. The second-order valence-electron chi connectivity index (χ2n) is 5.78. The van der Waals surface area contributed by atoms with E-state index in [1.807, 2.05) is 24.3 Å². The van der Waals surface area contributed by atoms with Gasteiger partial charge in [0.2, 0.25) is 0 Å². The van der Waals surface area contributed by atoms with E-state index in [2.05, 4.69) is 46.7 Å². The third kappa shape index (κ3) is 5.01. The van der Waals surface area contributed by atoms with Crippen molar-refractivity contribution in [3.05, 3.63) is 95.3 Å². The molecule has 0 aliphatic rings. The third-order valence-electron chi connectivity index (χ3n) is 3.71. The number of nitrogens with one attached hydrogen (secondary N) is 1. The Morgan fingerprint density at radius 1 is 1.12 bits per heavy atom. The zero-order valence-corrected chi connectivity index (χ0v) is 14.4. The molecule has 26 heavy (non-hydrogen) atoms. The third-order valence-corrected chi connectivity index (χ3v) is 3.71. The largest absolute Gasteiger partial charge is 0.489 e. The van der Waals surface area contributed by atoms with Crippen LogP contribution in [0.2, 0.25) is 0 Å². The molecule has 3 aromatic rings. The van der Waals surface area contributed by atoms with Crippen LogP contribution < -0.4 is 10.2 Å². The molecule has 0 bridgehead atoms. The smallest absolute Gasteiger partial charge is 0.272 e. The molecule has 0 fully saturated rings. The average molecular weight is 345 g/mol. The van der Waals surface area contributed by atoms with E-state index >= 15 is 0 Å². The highest BCUT2D eigenvalue weighted by molar-refractivity contribution is 5.94. The number of aromatic nitrogens is 1. The summed E-state index contributed by atoms with van der Waals surface area (Å²) in [6.07, 6.45) is 4.69. The van der Waals surface area contributed by atoms with Crippen molar-refractivity contribution in [1.29, 1.82) is 0 Å². The number of benzene rings is 2. The number of amides is 1. The first-order valence-corrected chi connectivity index (χ1v) is 8.22. The van der Waals surface area contributed by atoms with Gasteiger partial charge in [-0.05, 0) is 54.4 Å². The van der Waals surface area contributed by atoms with Gasteiger partial charge in [0.15, 0.2) is 0 Å². The lowest BCUT2D eigenvalue weighted by atomic mass is 10.2. The summed E-state index contributed by atoms with van der Waals surface area (Å²) in [4.78, 5) is 15.7. The maximum atomic E-state index is 11.8. The summed E-state index contributed by atoms with van der Waals surface area (Å²) >= 11 is 0. The van der Waals surface area contributed by atoms with E-state index in [1.54, 1.807) is 24.5 Å². The fourth-order valence-electron chi connectivity index (χ4n) is 2.23. The number of carbonyl (C=O) groups excluding carboxylic acids is 1. The number of nitrogens with zero attached hydrogens (tertiary/aromatic N) is 2. The van der Waals surface area contributed by atoms with Gasteiger partial charge >= 0.3 is 0 Å². The van der Waals surface area contributed by atoms with Crippen molar-refractivity contribution in [3.8, 4) is 5.75 Å². The molecule has 0 atom stereocenters. The molecule has 0 aliphatic carbocycles. The number of hydrazone groups is 1. The molecule has 1 aromatic heterocycles. The van der Waals surface area contributed by atoms with Crippen molar-refractivity contribution in [3.63, 3.8) is 0 Å². The van der Waals surface area contributed by atoms with Gasteiger partial charge in [-0.15, -0.1) is 0 Å². The monoisotopic (exact) mass is 345 g/mol. The number of hydrogen-bond acceptors (Lipinski definition) is 4. The molecule has 130 valence electrons. The summed E-state index contributed by atoms with van der Waals surface area (Å²) in [6.45, 7) is 2.58. The average Bonchev–Trinajstić information content (AvgIpc) is 2.69. The maximum Gasteiger partial charge on any atom is 0.272 e. The quantitative estimate of drug-likeness (QED) is 0.547. The number of aryl methyl sites for hydroxylation is 1. The van der Waals surface area contributed by atoms with Gasteiger partial charge in [0, 0.05) is 12.4 Å². The Morgan fingerprint density at radius 2 is 1.88 bits per heavy atom. The van der Waals surface area contributed by atoms with E-state index < -0.39 is 0 Å². The van der Waals surface area contributed by atoms with E-state index in [4.69, 9.17) is 4.74 Å². The predicted octanol–water partition coefficient (Wildman–Crippen LogP) is 3.73. The molecular formula is C21H19N3O2. The summed E-state index contributed by atoms with van der Waals surface area (Å²) in [6, 6.07) is 19.1. The lowest BCUT2D eigenvalue weighted by Gasteiger charge is -2.06. The van der Waals surface area contributed by atoms with Crippen LogP contribution in [0.1, 0.15) is 27.0 Å². The summed E-state index contributed by atoms with van der Waals surface area (Å²) in [5.41, 5.74) is 6.15. The minimum atomic E-state index is -0.299. The lowest BCUT2D eigenvalue weighted by Crippen LogP contribution is -2.17. The molecule has 5 nitrogen and oxygen atoms in total. The number of hydrogen-bond donors (Lipinski definition) is 1. The van der Waals surface area contributed by atoms with Gasteiger partial charge in [0.25, 0.3) is 5.91 Å². The van der Waals surface area contributed by atoms with Crippen molar-refractivity contribution in [2.45, 2.75) is 13.5 Å². The summed E-state index contributed by atoms with van der Waals surface area (Å²) in [5.74, 6) is 0.481. The van der Waals surface area contributed by atoms with Gasteiger partial charge in [-0.1, -0.05) is 29.8 Å². The SMILES string of the molecule is Cc1ccc(COc2ccc(/C=N/NC(=O)c3cccnc3)cc2)cc1. The van der Waals surface area contributed by atoms with Crippen LogP contribution in [0.25, 0.3) is 0 Å². The standard InChI is InChI=1S/C21H19N3O2/c1-16-4-6-18(7-5-16)15-26-20-10-8-17(9-11-20)13-23-24-21(25)19-3-2-12-22-14-19/h2-14H,15H2,1H3,(H,24,25)/b23-13+. The fourth-order valence-corrected chi connectivity index (χ4v) is 2.23. The highest BCUT2D eigenvalue weighted by atomic mass is 16.5. The van der Waals surface area contributed by atoms with Crippen LogP contribution in [0.3, 0.4) is 0 Å². The van der Waals surface area contributed by atoms with Crippen LogP contribution >= 0.6 is 0 Å². The lowest BCUT2D eigenvalue weighted by molar-refractivity contribution is 0.0955. The first-order valence-electron chi connectivity index (χ1n) is 8.22. The molecule has 0 saturated heterocycles. The van der Waals surface area contributed by atoms with Crippen molar-refractivity contribution in [1.82, 2.24) is 10.4 Å². The van der Waals surface area contributed by atoms with Crippen LogP contribution in [-0.2, 0) is 6.61 Å². The zero-order chi connectivity index (χ0) is 18.2. The molecule has 1 N–H and O–H groups in total. The van der Waals surface area contributed by atoms with E-state index in [9.17, 15) is 4.79 Å². The van der Waals surface area contributed by atoms with Crippen molar-refractivity contribution in [2.24, 2.45) is 5.10 Å². The normalized spacial score (nSPS) is 10.7. The number of rotatable bonds is 6. The molecule has 1 heterocycles. The summed E-state index contributed by atoms with van der Waals surface area (Å²) in [5, 5.41) is 3.96. The second-order valence-corrected chi connectivity index (χ2v) is 5.78. The van der Waals surface area contributed by atoms with Crippen molar-refractivity contribution < 1.29 is 9.53 Å². The van der Waals surface area contributed by atoms with Gasteiger partial charge in [0.05, 0.1) is 11.8 Å². The van der Waals surface area contributed by atoms with Crippen LogP contribution in [0.4, 0.5) is 0 Å². The topological polar surface area (TPSA) is 63.6 Å². The molecule has 2 aromatic carbocycles. The minimum absolute atomic E-state index is 0.299. The molecule has 0 saturated carbocycles. The van der Waals surface area contributed by atoms with E-state index in [-0.39, 0.29) is 5.91 Å². The van der Waals surface area contributed by atoms with Crippen LogP contribution in [0.15, 0.2) is 78.2 Å². The van der Waals surface area contributed by atoms with Crippen LogP contribution in [-0.4, -0.2) is 17.1 Å². The molecule has 1 amide bonds. The van der Waals surface area contributed by atoms with Gasteiger partial charge in [-0.25, -0.2) is 5.43 Å². The Morgan fingerprint density at radius 3 is 2.58 bits per heavy atom. The zero-order valence-electron chi connectivity index (χ0n) is 14.4. The van der Waals surface area contributed by atoms with Gasteiger partial charge in [-0.3, -0.25) is 9.78 Å². The second kappa shape index (κ2) is 8.58. The molecule has 0 radical (unpaired) electrons. The number of carbonyl (C=O) groups is 1. The molecule has 0 unspecified atom stereocenters. The van der Waals surface area contributed by atoms with Gasteiger partial charge in [-0.2, -0.15) is 5.10 Å². The fraction of sp³-hybridized carbons (Fsp3) is 0.0952.